The number of hydrogen-bond acceptors (Lipinski definition) is 4. The molecule has 0 spiro atoms. The summed E-state index contributed by atoms with van der Waals surface area (Å²) in [5, 5.41) is 2.57. The fraction of sp³-hybridized carbons (Fsp3) is 0.300. The van der Waals surface area contributed by atoms with Crippen molar-refractivity contribution in [3.63, 3.8) is 0 Å². The maximum Gasteiger partial charge on any atom is 0.251 e. The van der Waals surface area contributed by atoms with Gasteiger partial charge in [-0.25, -0.2) is 8.42 Å². The van der Waals surface area contributed by atoms with Gasteiger partial charge >= 0.3 is 0 Å². The summed E-state index contributed by atoms with van der Waals surface area (Å²) < 4.78 is 22.5. The van der Waals surface area contributed by atoms with Crippen molar-refractivity contribution >= 4 is 15.7 Å². The molecule has 0 atom stereocenters. The number of amides is 1. The number of carbonyl (C=O) groups is 1. The third-order valence-electron chi connectivity index (χ3n) is 1.95. The van der Waals surface area contributed by atoms with E-state index in [0.29, 0.717) is 18.7 Å². The molecule has 5 nitrogen and oxygen atoms in total. The molecule has 16 heavy (non-hydrogen) atoms. The van der Waals surface area contributed by atoms with Gasteiger partial charge in [0.2, 0.25) is 0 Å². The van der Waals surface area contributed by atoms with Crippen LogP contribution >= 0.6 is 0 Å². The van der Waals surface area contributed by atoms with E-state index < -0.39 is 9.84 Å². The van der Waals surface area contributed by atoms with Crippen molar-refractivity contribution in [1.82, 2.24) is 5.32 Å². The molecular formula is C10H14N2O3S. The van der Waals surface area contributed by atoms with E-state index in [9.17, 15) is 13.2 Å². The van der Waals surface area contributed by atoms with Crippen LogP contribution in [0.5, 0.6) is 0 Å². The van der Waals surface area contributed by atoms with Crippen molar-refractivity contribution < 1.29 is 13.2 Å². The lowest BCUT2D eigenvalue weighted by Crippen LogP contribution is -2.29. The second-order valence-corrected chi connectivity index (χ2v) is 5.36. The average molecular weight is 242 g/mol. The van der Waals surface area contributed by atoms with Gasteiger partial charge in [-0.15, -0.1) is 0 Å². The molecule has 1 rings (SSSR count). The average Bonchev–Trinajstić information content (AvgIpc) is 2.25. The molecule has 0 heterocycles. The van der Waals surface area contributed by atoms with E-state index in [2.05, 4.69) is 5.32 Å². The molecule has 1 aromatic rings. The maximum atomic E-state index is 11.5. The highest BCUT2D eigenvalue weighted by Gasteiger charge is 2.10. The van der Waals surface area contributed by atoms with Crippen LogP contribution in [0.3, 0.4) is 0 Å². The summed E-state index contributed by atoms with van der Waals surface area (Å²) in [6, 6.07) is 5.89. The highest BCUT2D eigenvalue weighted by molar-refractivity contribution is 7.90. The Bertz CT molecular complexity index is 483. The van der Waals surface area contributed by atoms with Crippen molar-refractivity contribution in [3.8, 4) is 0 Å². The fourth-order valence-electron chi connectivity index (χ4n) is 1.16. The minimum atomic E-state index is -3.28. The monoisotopic (exact) mass is 242 g/mol. The Morgan fingerprint density at radius 1 is 1.44 bits per heavy atom. The van der Waals surface area contributed by atoms with Crippen LogP contribution in [0, 0.1) is 0 Å². The standard InChI is InChI=1S/C10H14N2O3S/c1-16(14,15)9-4-2-3-8(7-9)10(13)12-6-5-11/h2-4,7H,5-6,11H2,1H3,(H,12,13). The van der Waals surface area contributed by atoms with E-state index in [1.807, 2.05) is 0 Å². The summed E-state index contributed by atoms with van der Waals surface area (Å²) in [7, 11) is -3.28. The Balaban J connectivity index is 2.95. The number of rotatable bonds is 4. The van der Waals surface area contributed by atoms with E-state index in [4.69, 9.17) is 5.73 Å². The van der Waals surface area contributed by atoms with Gasteiger partial charge in [-0.1, -0.05) is 6.07 Å². The fourth-order valence-corrected chi connectivity index (χ4v) is 1.82. The Kier molecular flexibility index (Phi) is 4.03. The van der Waals surface area contributed by atoms with Gasteiger partial charge in [-0.05, 0) is 18.2 Å². The minimum Gasteiger partial charge on any atom is -0.351 e. The quantitative estimate of drug-likeness (QED) is 0.763. The minimum absolute atomic E-state index is 0.132. The molecule has 0 radical (unpaired) electrons. The normalized spacial score (nSPS) is 11.1. The largest absolute Gasteiger partial charge is 0.351 e. The van der Waals surface area contributed by atoms with E-state index in [-0.39, 0.29) is 10.8 Å². The first-order valence-corrected chi connectivity index (χ1v) is 6.62. The summed E-state index contributed by atoms with van der Waals surface area (Å²) in [5.41, 5.74) is 5.56. The van der Waals surface area contributed by atoms with Crippen LogP contribution in [0.25, 0.3) is 0 Å². The molecule has 0 saturated carbocycles. The van der Waals surface area contributed by atoms with E-state index in [1.54, 1.807) is 6.07 Å². The van der Waals surface area contributed by atoms with Crippen LogP contribution < -0.4 is 11.1 Å². The molecule has 0 aliphatic carbocycles. The molecule has 6 heteroatoms. The molecular weight excluding hydrogens is 228 g/mol. The van der Waals surface area contributed by atoms with Gasteiger partial charge in [-0.3, -0.25) is 4.79 Å². The topological polar surface area (TPSA) is 89.3 Å². The SMILES string of the molecule is CS(=O)(=O)c1cccc(C(=O)NCCN)c1. The van der Waals surface area contributed by atoms with Gasteiger partial charge in [0.05, 0.1) is 4.90 Å². The van der Waals surface area contributed by atoms with Crippen LogP contribution in [0.2, 0.25) is 0 Å². The molecule has 0 aromatic heterocycles. The Labute approximate surface area is 94.6 Å². The summed E-state index contributed by atoms with van der Waals surface area (Å²) in [6.07, 6.45) is 1.10. The van der Waals surface area contributed by atoms with Gasteiger partial charge in [-0.2, -0.15) is 0 Å². The molecule has 1 aromatic carbocycles. The predicted octanol–water partition coefficient (Wildman–Crippen LogP) is -0.221. The third-order valence-corrected chi connectivity index (χ3v) is 3.06. The summed E-state index contributed by atoms with van der Waals surface area (Å²) in [6.45, 7) is 0.708. The van der Waals surface area contributed by atoms with Gasteiger partial charge in [0.1, 0.15) is 0 Å². The van der Waals surface area contributed by atoms with Gasteiger partial charge < -0.3 is 11.1 Å². The number of benzene rings is 1. The first-order valence-electron chi connectivity index (χ1n) is 4.73. The van der Waals surface area contributed by atoms with Crippen LogP contribution in [0.1, 0.15) is 10.4 Å². The molecule has 0 saturated heterocycles. The van der Waals surface area contributed by atoms with Gasteiger partial charge in [0.25, 0.3) is 5.91 Å². The summed E-state index contributed by atoms with van der Waals surface area (Å²) in [4.78, 5) is 11.7. The third kappa shape index (κ3) is 3.32. The number of carbonyl (C=O) groups excluding carboxylic acids is 1. The zero-order valence-electron chi connectivity index (χ0n) is 8.93. The number of hydrogen-bond donors (Lipinski definition) is 2. The van der Waals surface area contributed by atoms with E-state index >= 15 is 0 Å². The zero-order chi connectivity index (χ0) is 12.2. The Morgan fingerprint density at radius 3 is 2.69 bits per heavy atom. The zero-order valence-corrected chi connectivity index (χ0v) is 9.75. The van der Waals surface area contributed by atoms with Crippen LogP contribution in [-0.4, -0.2) is 33.7 Å². The second-order valence-electron chi connectivity index (χ2n) is 3.34. The summed E-state index contributed by atoms with van der Waals surface area (Å²) in [5.74, 6) is -0.323. The molecule has 0 aliphatic rings. The van der Waals surface area contributed by atoms with Gasteiger partial charge in [0, 0.05) is 24.9 Å². The summed E-state index contributed by atoms with van der Waals surface area (Å²) >= 11 is 0. The predicted molar refractivity (Wildman–Crippen MR) is 60.9 cm³/mol. The van der Waals surface area contributed by atoms with Crippen LogP contribution in [0.4, 0.5) is 0 Å². The van der Waals surface area contributed by atoms with Crippen molar-refractivity contribution in [2.45, 2.75) is 4.90 Å². The lowest BCUT2D eigenvalue weighted by atomic mass is 10.2. The van der Waals surface area contributed by atoms with Crippen molar-refractivity contribution in [1.29, 1.82) is 0 Å². The number of nitrogens with two attached hydrogens (primary N) is 1. The Hall–Kier alpha value is -1.40. The van der Waals surface area contributed by atoms with Crippen molar-refractivity contribution in [3.05, 3.63) is 29.8 Å². The van der Waals surface area contributed by atoms with E-state index in [1.165, 1.54) is 18.2 Å². The van der Waals surface area contributed by atoms with Gasteiger partial charge in [0.15, 0.2) is 9.84 Å². The maximum absolute atomic E-state index is 11.5. The van der Waals surface area contributed by atoms with Crippen molar-refractivity contribution in [2.24, 2.45) is 5.73 Å². The lowest BCUT2D eigenvalue weighted by Gasteiger charge is -2.04. The molecule has 0 aliphatic heterocycles. The molecule has 0 bridgehead atoms. The Morgan fingerprint density at radius 2 is 2.12 bits per heavy atom. The smallest absolute Gasteiger partial charge is 0.251 e. The number of sulfone groups is 1. The number of nitrogens with one attached hydrogen (secondary N) is 1. The van der Waals surface area contributed by atoms with Crippen LogP contribution in [0.15, 0.2) is 29.2 Å². The molecule has 1 amide bonds. The highest BCUT2D eigenvalue weighted by Crippen LogP contribution is 2.11. The first-order chi connectivity index (χ1) is 7.45. The molecule has 88 valence electrons. The van der Waals surface area contributed by atoms with Crippen molar-refractivity contribution in [2.75, 3.05) is 19.3 Å². The van der Waals surface area contributed by atoms with Crippen LogP contribution in [-0.2, 0) is 9.84 Å². The molecule has 0 unspecified atom stereocenters. The lowest BCUT2D eigenvalue weighted by molar-refractivity contribution is 0.0954. The molecule has 0 fully saturated rings. The molecule has 3 N–H and O–H groups in total. The second kappa shape index (κ2) is 5.09. The highest BCUT2D eigenvalue weighted by atomic mass is 32.2. The van der Waals surface area contributed by atoms with E-state index in [0.717, 1.165) is 6.26 Å². The first kappa shape index (κ1) is 12.7.